The first kappa shape index (κ1) is 21.1. The lowest BCUT2D eigenvalue weighted by Crippen LogP contribution is -2.41. The number of nitrogens with one attached hydrogen (secondary N) is 1. The van der Waals surface area contributed by atoms with E-state index in [1.807, 2.05) is 10.6 Å². The van der Waals surface area contributed by atoms with E-state index in [0.717, 1.165) is 31.2 Å². The normalized spacial score (nSPS) is 16.5. The fraction of sp³-hybridized carbons (Fsp3) is 0.545. The van der Waals surface area contributed by atoms with Gasteiger partial charge in [0, 0.05) is 24.7 Å². The summed E-state index contributed by atoms with van der Waals surface area (Å²) in [5.74, 6) is 2.08. The van der Waals surface area contributed by atoms with Crippen molar-refractivity contribution in [2.24, 2.45) is 0 Å². The molecule has 1 aromatic carbocycles. The summed E-state index contributed by atoms with van der Waals surface area (Å²) in [6.07, 6.45) is 5.77. The van der Waals surface area contributed by atoms with Gasteiger partial charge >= 0.3 is 0 Å². The zero-order valence-corrected chi connectivity index (χ0v) is 18.1. The molecule has 0 bridgehead atoms. The fourth-order valence-electron chi connectivity index (χ4n) is 4.33. The molecular weight excluding hydrogens is 398 g/mol. The number of aromatic nitrogens is 3. The van der Waals surface area contributed by atoms with Crippen molar-refractivity contribution in [3.63, 3.8) is 0 Å². The molecule has 1 fully saturated rings. The van der Waals surface area contributed by atoms with Crippen LogP contribution in [0.15, 0.2) is 18.2 Å². The number of hydrogen-bond donors (Lipinski definition) is 1. The number of nitrogens with zero attached hydrogens (tertiary/aromatic N) is 4. The van der Waals surface area contributed by atoms with Gasteiger partial charge in [0.15, 0.2) is 5.82 Å². The molecule has 31 heavy (non-hydrogen) atoms. The summed E-state index contributed by atoms with van der Waals surface area (Å²) in [5.41, 5.74) is 0.770. The highest BCUT2D eigenvalue weighted by atomic mass is 16.5. The lowest BCUT2D eigenvalue weighted by Gasteiger charge is -2.28. The highest BCUT2D eigenvalue weighted by Crippen LogP contribution is 2.25. The van der Waals surface area contributed by atoms with E-state index in [1.54, 1.807) is 31.3 Å². The first-order chi connectivity index (χ1) is 15.1. The summed E-state index contributed by atoms with van der Waals surface area (Å²) in [6, 6.07) is 5.63. The molecular formula is C22H29N5O4. The van der Waals surface area contributed by atoms with E-state index >= 15 is 0 Å². The van der Waals surface area contributed by atoms with Crippen LogP contribution in [0.5, 0.6) is 11.5 Å². The fourth-order valence-corrected chi connectivity index (χ4v) is 4.33. The molecule has 0 saturated heterocycles. The third kappa shape index (κ3) is 4.65. The van der Waals surface area contributed by atoms with Gasteiger partial charge < -0.3 is 24.3 Å². The van der Waals surface area contributed by atoms with Gasteiger partial charge in [0.05, 0.1) is 27.2 Å². The van der Waals surface area contributed by atoms with Crippen molar-refractivity contribution < 1.29 is 19.1 Å². The molecule has 1 aliphatic heterocycles. The summed E-state index contributed by atoms with van der Waals surface area (Å²) in [4.78, 5) is 27.4. The highest BCUT2D eigenvalue weighted by molar-refractivity contribution is 5.91. The van der Waals surface area contributed by atoms with Crippen LogP contribution in [0.1, 0.15) is 54.1 Å². The van der Waals surface area contributed by atoms with Gasteiger partial charge in [-0.2, -0.15) is 0 Å². The van der Waals surface area contributed by atoms with Gasteiger partial charge in [-0.05, 0) is 31.0 Å². The van der Waals surface area contributed by atoms with E-state index in [9.17, 15) is 9.59 Å². The van der Waals surface area contributed by atoms with Crippen LogP contribution in [0, 0.1) is 0 Å². The second-order valence-electron chi connectivity index (χ2n) is 8.07. The standard InChI is InChI=1S/C22H29N5O4/c1-30-17-8-9-18(31-2)15(12-17)13-20(28)26-10-11-27-19(14-26)24-25-21(27)22(29)23-16-6-4-3-5-7-16/h8-9,12,16H,3-7,10-11,13-14H2,1-2H3,(H,23,29). The smallest absolute Gasteiger partial charge is 0.289 e. The number of ether oxygens (including phenoxy) is 2. The van der Waals surface area contributed by atoms with E-state index in [1.165, 1.54) is 6.42 Å². The average Bonchev–Trinajstić information content (AvgIpc) is 3.23. The molecule has 1 aliphatic carbocycles. The molecule has 0 unspecified atom stereocenters. The maximum absolute atomic E-state index is 12.9. The number of carbonyl (C=O) groups excluding carboxylic acids is 2. The summed E-state index contributed by atoms with van der Waals surface area (Å²) >= 11 is 0. The van der Waals surface area contributed by atoms with Crippen LogP contribution in [0.2, 0.25) is 0 Å². The maximum Gasteiger partial charge on any atom is 0.289 e. The number of methoxy groups -OCH3 is 2. The van der Waals surface area contributed by atoms with Gasteiger partial charge in [-0.15, -0.1) is 10.2 Å². The molecule has 9 nitrogen and oxygen atoms in total. The van der Waals surface area contributed by atoms with Crippen LogP contribution in [-0.2, 0) is 24.3 Å². The Labute approximate surface area is 181 Å². The van der Waals surface area contributed by atoms with Gasteiger partial charge in [-0.1, -0.05) is 19.3 Å². The quantitative estimate of drug-likeness (QED) is 0.757. The summed E-state index contributed by atoms with van der Waals surface area (Å²) in [6.45, 7) is 1.32. The van der Waals surface area contributed by atoms with Crippen LogP contribution >= 0.6 is 0 Å². The minimum absolute atomic E-state index is 0.0333. The van der Waals surface area contributed by atoms with Gasteiger partial charge in [-0.3, -0.25) is 9.59 Å². The average molecular weight is 428 g/mol. The van der Waals surface area contributed by atoms with Crippen LogP contribution < -0.4 is 14.8 Å². The first-order valence-electron chi connectivity index (χ1n) is 10.8. The topological polar surface area (TPSA) is 98.6 Å². The number of amides is 2. The van der Waals surface area contributed by atoms with Crippen molar-refractivity contribution in [2.45, 2.75) is 57.7 Å². The van der Waals surface area contributed by atoms with Gasteiger partial charge in [0.2, 0.25) is 11.7 Å². The van der Waals surface area contributed by atoms with E-state index in [0.29, 0.717) is 42.8 Å². The van der Waals surface area contributed by atoms with Gasteiger partial charge in [-0.25, -0.2) is 0 Å². The Morgan fingerprint density at radius 1 is 1.10 bits per heavy atom. The van der Waals surface area contributed by atoms with Crippen LogP contribution in [0.3, 0.4) is 0 Å². The van der Waals surface area contributed by atoms with Crippen molar-refractivity contribution >= 4 is 11.8 Å². The Balaban J connectivity index is 1.41. The van der Waals surface area contributed by atoms with Crippen molar-refractivity contribution in [3.05, 3.63) is 35.4 Å². The molecule has 0 atom stereocenters. The lowest BCUT2D eigenvalue weighted by atomic mass is 9.95. The zero-order chi connectivity index (χ0) is 21.8. The summed E-state index contributed by atoms with van der Waals surface area (Å²) in [7, 11) is 3.17. The van der Waals surface area contributed by atoms with Crippen LogP contribution in [-0.4, -0.2) is 58.3 Å². The first-order valence-corrected chi connectivity index (χ1v) is 10.8. The van der Waals surface area contributed by atoms with E-state index in [2.05, 4.69) is 15.5 Å². The Morgan fingerprint density at radius 2 is 1.90 bits per heavy atom. The third-order valence-corrected chi connectivity index (χ3v) is 6.08. The van der Waals surface area contributed by atoms with E-state index in [-0.39, 0.29) is 24.3 Å². The minimum Gasteiger partial charge on any atom is -0.497 e. The molecule has 1 saturated carbocycles. The highest BCUT2D eigenvalue weighted by Gasteiger charge is 2.28. The number of hydrogen-bond acceptors (Lipinski definition) is 6. The predicted octanol–water partition coefficient (Wildman–Crippen LogP) is 1.94. The Hall–Kier alpha value is -3.10. The second kappa shape index (κ2) is 9.36. The molecule has 2 amide bonds. The second-order valence-corrected chi connectivity index (χ2v) is 8.07. The van der Waals surface area contributed by atoms with E-state index < -0.39 is 0 Å². The van der Waals surface area contributed by atoms with Crippen molar-refractivity contribution in [1.29, 1.82) is 0 Å². The molecule has 2 heterocycles. The van der Waals surface area contributed by atoms with Crippen molar-refractivity contribution in [1.82, 2.24) is 25.0 Å². The monoisotopic (exact) mass is 427 g/mol. The van der Waals surface area contributed by atoms with Crippen LogP contribution in [0.4, 0.5) is 0 Å². The molecule has 1 N–H and O–H groups in total. The lowest BCUT2D eigenvalue weighted by molar-refractivity contribution is -0.132. The molecule has 4 rings (SSSR count). The Morgan fingerprint density at radius 3 is 2.65 bits per heavy atom. The van der Waals surface area contributed by atoms with Crippen LogP contribution in [0.25, 0.3) is 0 Å². The summed E-state index contributed by atoms with van der Waals surface area (Å²) < 4.78 is 12.5. The number of benzene rings is 1. The SMILES string of the molecule is COc1ccc(OC)c(CC(=O)N2CCn3c(nnc3C(=O)NC3CCCCC3)C2)c1. The molecule has 0 spiro atoms. The Bertz CT molecular complexity index is 951. The third-order valence-electron chi connectivity index (χ3n) is 6.08. The molecule has 9 heteroatoms. The molecule has 166 valence electrons. The van der Waals surface area contributed by atoms with Gasteiger partial charge in [0.25, 0.3) is 5.91 Å². The molecule has 2 aromatic rings. The largest absolute Gasteiger partial charge is 0.497 e. The summed E-state index contributed by atoms with van der Waals surface area (Å²) in [5, 5.41) is 11.4. The predicted molar refractivity (Wildman–Crippen MR) is 113 cm³/mol. The molecule has 1 aromatic heterocycles. The number of rotatable bonds is 6. The Kier molecular flexibility index (Phi) is 6.39. The molecule has 2 aliphatic rings. The maximum atomic E-state index is 12.9. The van der Waals surface area contributed by atoms with Gasteiger partial charge in [0.1, 0.15) is 11.5 Å². The van der Waals surface area contributed by atoms with Crippen molar-refractivity contribution in [3.8, 4) is 11.5 Å². The zero-order valence-electron chi connectivity index (χ0n) is 18.1. The molecule has 0 radical (unpaired) electrons. The number of fused-ring (bicyclic) bond motifs is 1. The van der Waals surface area contributed by atoms with Crippen molar-refractivity contribution in [2.75, 3.05) is 20.8 Å². The number of carbonyl (C=O) groups is 2. The minimum atomic E-state index is -0.174. The van der Waals surface area contributed by atoms with E-state index in [4.69, 9.17) is 9.47 Å².